The minimum atomic E-state index is -1.18. The third-order valence-electron chi connectivity index (χ3n) is 4.75. The maximum absolute atomic E-state index is 13.9. The summed E-state index contributed by atoms with van der Waals surface area (Å²) in [4.78, 5) is 24.4. The number of hydrogen-bond donors (Lipinski definition) is 2. The fourth-order valence-electron chi connectivity index (χ4n) is 3.06. The van der Waals surface area contributed by atoms with Gasteiger partial charge in [-0.05, 0) is 43.2 Å². The molecule has 0 fully saturated rings. The summed E-state index contributed by atoms with van der Waals surface area (Å²) in [5.74, 6) is -4.23. The van der Waals surface area contributed by atoms with Crippen molar-refractivity contribution in [3.8, 4) is 11.5 Å². The molecule has 1 amide bonds. The summed E-state index contributed by atoms with van der Waals surface area (Å²) in [5, 5.41) is 12.4. The zero-order valence-corrected chi connectivity index (χ0v) is 16.5. The van der Waals surface area contributed by atoms with Crippen molar-refractivity contribution in [2.75, 3.05) is 6.54 Å². The predicted molar refractivity (Wildman–Crippen MR) is 108 cm³/mol. The lowest BCUT2D eigenvalue weighted by Gasteiger charge is -2.26. The van der Waals surface area contributed by atoms with Crippen LogP contribution in [0, 0.1) is 17.0 Å². The normalized spacial score (nSPS) is 17.6. The third-order valence-corrected chi connectivity index (χ3v) is 4.98. The van der Waals surface area contributed by atoms with Crippen LogP contribution in [0.15, 0.2) is 60.7 Å². The number of ether oxygens (including phenoxy) is 1. The molecule has 2 aromatic carbocycles. The molecule has 1 aliphatic carbocycles. The van der Waals surface area contributed by atoms with E-state index in [0.29, 0.717) is 6.42 Å². The van der Waals surface area contributed by atoms with Crippen LogP contribution in [0.25, 0.3) is 0 Å². The summed E-state index contributed by atoms with van der Waals surface area (Å²) in [6, 6.07) is 7.61. The van der Waals surface area contributed by atoms with Gasteiger partial charge in [-0.15, -0.1) is 0 Å². The van der Waals surface area contributed by atoms with Gasteiger partial charge in [0, 0.05) is 11.6 Å². The summed E-state index contributed by atoms with van der Waals surface area (Å²) in [6.07, 6.45) is 7.27. The lowest BCUT2D eigenvalue weighted by molar-refractivity contribution is -0.146. The van der Waals surface area contributed by atoms with Crippen molar-refractivity contribution < 1.29 is 28.2 Å². The van der Waals surface area contributed by atoms with Crippen LogP contribution in [-0.2, 0) is 4.79 Å². The Morgan fingerprint density at radius 2 is 1.97 bits per heavy atom. The highest BCUT2D eigenvalue weighted by Crippen LogP contribution is 2.33. The smallest absolute Gasteiger partial charge is 0.313 e. The fraction of sp³-hybridized carbons (Fsp3) is 0.182. The number of carbonyl (C=O) groups excluding carboxylic acids is 1. The molecule has 0 spiro atoms. The molecule has 1 aliphatic rings. The first kappa shape index (κ1) is 21.5. The Labute approximate surface area is 176 Å². The number of benzene rings is 2. The number of nitrogens with one attached hydrogen (secondary N) is 1. The van der Waals surface area contributed by atoms with Gasteiger partial charge < -0.3 is 15.2 Å². The van der Waals surface area contributed by atoms with E-state index in [1.165, 1.54) is 30.3 Å². The van der Waals surface area contributed by atoms with Crippen molar-refractivity contribution in [1.82, 2.24) is 5.32 Å². The molecular weight excluding hydrogens is 416 g/mol. The molecule has 0 bridgehead atoms. The van der Waals surface area contributed by atoms with Crippen LogP contribution in [-0.4, -0.2) is 23.5 Å². The Morgan fingerprint density at radius 3 is 2.67 bits per heavy atom. The second-order valence-electron chi connectivity index (χ2n) is 6.75. The minimum absolute atomic E-state index is 0.00891. The number of halogens is 3. The third kappa shape index (κ3) is 4.68. The Kier molecular flexibility index (Phi) is 6.52. The predicted octanol–water partition coefficient (Wildman–Crippen LogP) is 5.12. The summed E-state index contributed by atoms with van der Waals surface area (Å²) >= 11 is 5.98. The highest BCUT2D eigenvalue weighted by Gasteiger charge is 2.35. The first-order valence-corrected chi connectivity index (χ1v) is 9.47. The Balaban J connectivity index is 1.75. The largest absolute Gasteiger partial charge is 0.481 e. The number of carbonyl (C=O) groups is 2. The van der Waals surface area contributed by atoms with Crippen LogP contribution in [0.5, 0.6) is 11.5 Å². The van der Waals surface area contributed by atoms with E-state index < -0.39 is 28.9 Å². The second kappa shape index (κ2) is 9.09. The van der Waals surface area contributed by atoms with Crippen molar-refractivity contribution in [2.45, 2.75) is 12.8 Å². The number of aliphatic carboxylic acids is 1. The van der Waals surface area contributed by atoms with E-state index in [0.717, 1.165) is 6.07 Å². The topological polar surface area (TPSA) is 75.6 Å². The molecule has 1 atom stereocenters. The molecule has 0 unspecified atom stereocenters. The molecule has 2 aromatic rings. The number of amides is 1. The maximum atomic E-state index is 13.9. The summed E-state index contributed by atoms with van der Waals surface area (Å²) in [5.41, 5.74) is -1.09. The van der Waals surface area contributed by atoms with Gasteiger partial charge in [-0.1, -0.05) is 42.0 Å². The average Bonchev–Trinajstić information content (AvgIpc) is 2.73. The number of hydrogen-bond acceptors (Lipinski definition) is 3. The van der Waals surface area contributed by atoms with Gasteiger partial charge in [-0.25, -0.2) is 4.39 Å². The van der Waals surface area contributed by atoms with Crippen LogP contribution in [0.3, 0.4) is 0 Å². The van der Waals surface area contributed by atoms with Crippen LogP contribution in [0.1, 0.15) is 23.2 Å². The van der Waals surface area contributed by atoms with Crippen LogP contribution < -0.4 is 10.1 Å². The summed E-state index contributed by atoms with van der Waals surface area (Å²) < 4.78 is 32.8. The maximum Gasteiger partial charge on any atom is 0.313 e. The SMILES string of the molecule is O=C(NCC[C@]1(C(=O)O)C=CC=CC1)c1cc(Cl)ccc1Oc1cccc(F)c1F. The van der Waals surface area contributed by atoms with E-state index in [2.05, 4.69) is 5.32 Å². The molecule has 0 saturated carbocycles. The molecule has 0 radical (unpaired) electrons. The molecule has 2 N–H and O–H groups in total. The lowest BCUT2D eigenvalue weighted by Crippen LogP contribution is -2.35. The summed E-state index contributed by atoms with van der Waals surface area (Å²) in [7, 11) is 0. The molecule has 5 nitrogen and oxygen atoms in total. The lowest BCUT2D eigenvalue weighted by atomic mass is 9.79. The number of carboxylic acid groups (broad SMARTS) is 1. The van der Waals surface area contributed by atoms with Crippen LogP contribution >= 0.6 is 11.6 Å². The van der Waals surface area contributed by atoms with E-state index in [9.17, 15) is 23.5 Å². The number of allylic oxidation sites excluding steroid dienone is 3. The quantitative estimate of drug-likeness (QED) is 0.635. The van der Waals surface area contributed by atoms with Gasteiger partial charge in [0.2, 0.25) is 5.82 Å². The molecule has 0 aromatic heterocycles. The molecule has 0 heterocycles. The molecule has 3 rings (SSSR count). The van der Waals surface area contributed by atoms with Crippen molar-refractivity contribution in [3.63, 3.8) is 0 Å². The van der Waals surface area contributed by atoms with Gasteiger partial charge in [-0.3, -0.25) is 9.59 Å². The second-order valence-corrected chi connectivity index (χ2v) is 7.19. The molecular formula is C22H18ClF2NO4. The van der Waals surface area contributed by atoms with E-state index in [4.69, 9.17) is 16.3 Å². The van der Waals surface area contributed by atoms with Crippen molar-refractivity contribution in [2.24, 2.45) is 5.41 Å². The van der Waals surface area contributed by atoms with Crippen LogP contribution in [0.2, 0.25) is 5.02 Å². The van der Waals surface area contributed by atoms with Gasteiger partial charge in [-0.2, -0.15) is 4.39 Å². The van der Waals surface area contributed by atoms with Gasteiger partial charge in [0.25, 0.3) is 5.91 Å². The van der Waals surface area contributed by atoms with Gasteiger partial charge >= 0.3 is 5.97 Å². The van der Waals surface area contributed by atoms with Gasteiger partial charge in [0.1, 0.15) is 5.75 Å². The molecule has 30 heavy (non-hydrogen) atoms. The van der Waals surface area contributed by atoms with E-state index in [1.807, 2.05) is 0 Å². The number of rotatable bonds is 7. The van der Waals surface area contributed by atoms with Crippen molar-refractivity contribution in [3.05, 3.63) is 82.9 Å². The van der Waals surface area contributed by atoms with Crippen LogP contribution in [0.4, 0.5) is 8.78 Å². The molecule has 0 aliphatic heterocycles. The van der Waals surface area contributed by atoms with Crippen molar-refractivity contribution >= 4 is 23.5 Å². The fourth-order valence-corrected chi connectivity index (χ4v) is 3.23. The standard InChI is InChI=1S/C22H18ClF2NO4/c23-14-7-8-17(30-18-6-4-5-16(24)19(18)25)15(13-14)20(27)26-12-11-22(21(28)29)9-2-1-3-10-22/h1-9,13H,10-12H2,(H,26,27)(H,28,29)/t22-/m0/s1. The number of carboxylic acids is 1. The monoisotopic (exact) mass is 433 g/mol. The van der Waals surface area contributed by atoms with E-state index in [-0.39, 0.29) is 35.1 Å². The van der Waals surface area contributed by atoms with E-state index in [1.54, 1.807) is 24.3 Å². The highest BCUT2D eigenvalue weighted by atomic mass is 35.5. The Morgan fingerprint density at radius 1 is 1.17 bits per heavy atom. The summed E-state index contributed by atoms with van der Waals surface area (Å²) in [6.45, 7) is 0.0730. The Bertz CT molecular complexity index is 1040. The van der Waals surface area contributed by atoms with Crippen molar-refractivity contribution in [1.29, 1.82) is 0 Å². The first-order chi connectivity index (χ1) is 14.3. The highest BCUT2D eigenvalue weighted by molar-refractivity contribution is 6.31. The Hall–Kier alpha value is -3.19. The molecule has 8 heteroatoms. The molecule has 156 valence electrons. The first-order valence-electron chi connectivity index (χ1n) is 9.10. The zero-order chi connectivity index (χ0) is 21.7. The molecule has 0 saturated heterocycles. The minimum Gasteiger partial charge on any atom is -0.481 e. The van der Waals surface area contributed by atoms with E-state index >= 15 is 0 Å². The van der Waals surface area contributed by atoms with Gasteiger partial charge in [0.05, 0.1) is 11.0 Å². The average molecular weight is 434 g/mol. The zero-order valence-electron chi connectivity index (χ0n) is 15.7. The van der Waals surface area contributed by atoms with Gasteiger partial charge in [0.15, 0.2) is 11.6 Å².